The summed E-state index contributed by atoms with van der Waals surface area (Å²) in [4.78, 5) is 25.2. The Kier molecular flexibility index (Phi) is 4.67. The number of rotatable bonds is 5. The third-order valence-corrected chi connectivity index (χ3v) is 4.17. The van der Waals surface area contributed by atoms with Crippen LogP contribution in [0.15, 0.2) is 59.5 Å². The number of anilines is 1. The van der Waals surface area contributed by atoms with Crippen LogP contribution in [-0.4, -0.2) is 30.6 Å². The zero-order valence-electron chi connectivity index (χ0n) is 15.5. The van der Waals surface area contributed by atoms with Crippen LogP contribution in [0.5, 0.6) is 0 Å². The van der Waals surface area contributed by atoms with Gasteiger partial charge in [0.2, 0.25) is 11.7 Å². The maximum Gasteiger partial charge on any atom is 0.258 e. The second kappa shape index (κ2) is 7.43. The number of nitrogens with one attached hydrogen (secondary N) is 1. The molecular weight excluding hydrogens is 356 g/mol. The van der Waals surface area contributed by atoms with Crippen molar-refractivity contribution in [2.75, 3.05) is 5.32 Å². The van der Waals surface area contributed by atoms with Gasteiger partial charge in [0, 0.05) is 29.8 Å². The first kappa shape index (κ1) is 17.6. The lowest BCUT2D eigenvalue weighted by molar-refractivity contribution is -0.116. The number of amides is 1. The molecule has 4 rings (SSSR count). The fraction of sp³-hybridized carbons (Fsp3) is 0.150. The normalized spacial score (nSPS) is 10.8. The summed E-state index contributed by atoms with van der Waals surface area (Å²) >= 11 is 0. The fourth-order valence-corrected chi connectivity index (χ4v) is 2.79. The number of hydrogen-bond acceptors (Lipinski definition) is 6. The second-order valence-corrected chi connectivity index (χ2v) is 6.38. The molecular formula is C20H18N6O2. The van der Waals surface area contributed by atoms with E-state index < -0.39 is 0 Å². The molecule has 0 aliphatic carbocycles. The van der Waals surface area contributed by atoms with Crippen LogP contribution >= 0.6 is 0 Å². The number of pyridine rings is 1. The highest BCUT2D eigenvalue weighted by Gasteiger charge is 2.15. The second-order valence-electron chi connectivity index (χ2n) is 6.38. The Balaban J connectivity index is 1.49. The van der Waals surface area contributed by atoms with Gasteiger partial charge in [-0.3, -0.25) is 9.78 Å². The van der Waals surface area contributed by atoms with Crippen molar-refractivity contribution in [3.05, 3.63) is 66.4 Å². The van der Waals surface area contributed by atoms with Crippen LogP contribution < -0.4 is 5.32 Å². The van der Waals surface area contributed by atoms with E-state index in [1.807, 2.05) is 38.1 Å². The summed E-state index contributed by atoms with van der Waals surface area (Å²) in [5, 5.41) is 6.88. The third-order valence-electron chi connectivity index (χ3n) is 4.17. The van der Waals surface area contributed by atoms with Gasteiger partial charge in [-0.05, 0) is 43.7 Å². The van der Waals surface area contributed by atoms with Gasteiger partial charge in [0.1, 0.15) is 18.1 Å². The van der Waals surface area contributed by atoms with Crippen LogP contribution in [0.25, 0.3) is 23.0 Å². The predicted molar refractivity (Wildman–Crippen MR) is 103 cm³/mol. The summed E-state index contributed by atoms with van der Waals surface area (Å²) in [6.45, 7) is 3.95. The van der Waals surface area contributed by atoms with E-state index in [0.717, 1.165) is 16.8 Å². The van der Waals surface area contributed by atoms with Gasteiger partial charge in [-0.1, -0.05) is 17.3 Å². The van der Waals surface area contributed by atoms with Gasteiger partial charge >= 0.3 is 0 Å². The van der Waals surface area contributed by atoms with E-state index >= 15 is 0 Å². The summed E-state index contributed by atoms with van der Waals surface area (Å²) in [6.07, 6.45) is 5.06. The van der Waals surface area contributed by atoms with Crippen molar-refractivity contribution in [3.63, 3.8) is 0 Å². The Morgan fingerprint density at radius 3 is 2.75 bits per heavy atom. The van der Waals surface area contributed by atoms with Crippen LogP contribution in [0.3, 0.4) is 0 Å². The van der Waals surface area contributed by atoms with Gasteiger partial charge in [-0.25, -0.2) is 4.98 Å². The van der Waals surface area contributed by atoms with Crippen LogP contribution in [-0.2, 0) is 11.3 Å². The largest absolute Gasteiger partial charge is 0.334 e. The molecule has 0 saturated heterocycles. The first-order valence-corrected chi connectivity index (χ1v) is 8.73. The maximum atomic E-state index is 12.4. The van der Waals surface area contributed by atoms with Gasteiger partial charge in [0.05, 0.1) is 0 Å². The van der Waals surface area contributed by atoms with E-state index in [0.29, 0.717) is 23.2 Å². The lowest BCUT2D eigenvalue weighted by Gasteiger charge is -2.07. The minimum absolute atomic E-state index is 0.136. The van der Waals surface area contributed by atoms with Crippen LogP contribution in [0.4, 0.5) is 5.69 Å². The van der Waals surface area contributed by atoms with Crippen molar-refractivity contribution in [3.8, 4) is 23.0 Å². The molecule has 3 heterocycles. The summed E-state index contributed by atoms with van der Waals surface area (Å²) in [5.41, 5.74) is 3.18. The third kappa shape index (κ3) is 3.80. The van der Waals surface area contributed by atoms with E-state index in [1.54, 1.807) is 35.3 Å². The molecule has 140 valence electrons. The Labute approximate surface area is 161 Å². The maximum absolute atomic E-state index is 12.4. The number of aromatic nitrogens is 5. The molecule has 0 saturated carbocycles. The Hall–Kier alpha value is -3.81. The highest BCUT2D eigenvalue weighted by atomic mass is 16.5. The predicted octanol–water partition coefficient (Wildman–Crippen LogP) is 3.25. The lowest BCUT2D eigenvalue weighted by Crippen LogP contribution is -2.19. The molecule has 1 aromatic carbocycles. The number of carbonyl (C=O) groups excluding carboxylic acids is 1. The molecule has 0 aliphatic heterocycles. The summed E-state index contributed by atoms with van der Waals surface area (Å²) in [6, 6.07) is 11.2. The van der Waals surface area contributed by atoms with Gasteiger partial charge < -0.3 is 14.4 Å². The minimum atomic E-state index is -0.136. The number of nitrogens with zero attached hydrogens (tertiary/aromatic N) is 5. The SMILES string of the molecule is Cc1cccc(NC(=O)Cn2cc(-c3noc(-c4ccncc4)n3)nc2C)c1. The molecule has 4 aromatic rings. The van der Waals surface area contributed by atoms with E-state index in [-0.39, 0.29) is 12.5 Å². The molecule has 8 heteroatoms. The molecule has 0 bridgehead atoms. The van der Waals surface area contributed by atoms with Gasteiger partial charge in [0.15, 0.2) is 0 Å². The molecule has 3 aromatic heterocycles. The molecule has 0 atom stereocenters. The number of carbonyl (C=O) groups is 1. The van der Waals surface area contributed by atoms with Gasteiger partial charge in [-0.15, -0.1) is 0 Å². The molecule has 8 nitrogen and oxygen atoms in total. The molecule has 0 fully saturated rings. The quantitative estimate of drug-likeness (QED) is 0.576. The van der Waals surface area contributed by atoms with Gasteiger partial charge in [0.25, 0.3) is 5.89 Å². The van der Waals surface area contributed by atoms with Crippen molar-refractivity contribution in [2.45, 2.75) is 20.4 Å². The summed E-state index contributed by atoms with van der Waals surface area (Å²) < 4.78 is 7.06. The van der Waals surface area contributed by atoms with Crippen LogP contribution in [0.2, 0.25) is 0 Å². The van der Waals surface area contributed by atoms with Crippen molar-refractivity contribution in [2.24, 2.45) is 0 Å². The Bertz CT molecular complexity index is 1120. The van der Waals surface area contributed by atoms with E-state index in [1.165, 1.54) is 0 Å². The summed E-state index contributed by atoms with van der Waals surface area (Å²) in [5.74, 6) is 1.31. The van der Waals surface area contributed by atoms with Gasteiger partial charge in [-0.2, -0.15) is 4.98 Å². The average Bonchev–Trinajstić information content (AvgIpc) is 3.30. The minimum Gasteiger partial charge on any atom is -0.334 e. The number of imidazole rings is 1. The fourth-order valence-electron chi connectivity index (χ4n) is 2.79. The Morgan fingerprint density at radius 2 is 1.96 bits per heavy atom. The highest BCUT2D eigenvalue weighted by molar-refractivity contribution is 5.90. The van der Waals surface area contributed by atoms with Crippen molar-refractivity contribution in [1.29, 1.82) is 0 Å². The number of benzene rings is 1. The van der Waals surface area contributed by atoms with Crippen molar-refractivity contribution < 1.29 is 9.32 Å². The van der Waals surface area contributed by atoms with Crippen LogP contribution in [0.1, 0.15) is 11.4 Å². The summed E-state index contributed by atoms with van der Waals surface area (Å²) in [7, 11) is 0. The standard InChI is InChI=1S/C20H18N6O2/c1-13-4-3-5-16(10-13)23-18(27)12-26-11-17(22-14(26)2)19-24-20(28-25-19)15-6-8-21-9-7-15/h3-11H,12H2,1-2H3,(H,23,27). The van der Waals surface area contributed by atoms with Crippen molar-refractivity contribution in [1.82, 2.24) is 24.7 Å². The monoisotopic (exact) mass is 374 g/mol. The number of hydrogen-bond donors (Lipinski definition) is 1. The topological polar surface area (TPSA) is 98.7 Å². The van der Waals surface area contributed by atoms with E-state index in [4.69, 9.17) is 4.52 Å². The van der Waals surface area contributed by atoms with E-state index in [9.17, 15) is 4.79 Å². The molecule has 1 N–H and O–H groups in total. The van der Waals surface area contributed by atoms with Crippen LogP contribution in [0, 0.1) is 13.8 Å². The molecule has 0 radical (unpaired) electrons. The first-order chi connectivity index (χ1) is 13.6. The molecule has 28 heavy (non-hydrogen) atoms. The molecule has 0 unspecified atom stereocenters. The van der Waals surface area contributed by atoms with E-state index in [2.05, 4.69) is 25.4 Å². The number of aryl methyl sites for hydroxylation is 2. The van der Waals surface area contributed by atoms with Crippen molar-refractivity contribution >= 4 is 11.6 Å². The average molecular weight is 374 g/mol. The zero-order valence-corrected chi connectivity index (χ0v) is 15.5. The lowest BCUT2D eigenvalue weighted by atomic mass is 10.2. The smallest absolute Gasteiger partial charge is 0.258 e. The molecule has 0 spiro atoms. The molecule has 1 amide bonds. The zero-order chi connectivity index (χ0) is 19.5. The first-order valence-electron chi connectivity index (χ1n) is 8.73. The molecule has 0 aliphatic rings. The highest BCUT2D eigenvalue weighted by Crippen LogP contribution is 2.21. The Morgan fingerprint density at radius 1 is 1.14 bits per heavy atom.